The van der Waals surface area contributed by atoms with E-state index in [0.29, 0.717) is 49.5 Å². The van der Waals surface area contributed by atoms with Crippen molar-refractivity contribution < 1.29 is 103 Å². The number of aryl methyl sites for hydroxylation is 1. The standard InChI is InChI=1S/C51H79N5O21S/c1-26(60)54-39-42(67)46(76-50-45(70)47(41(66)33(23-58)74-50)77-49-44(69)43(68)40(65)32(22-57)73-49)34(24-59)75-48(39)72-20-8-19-53-37(64)14-4-2-11-29(61)17-16-27-9-6-10-28(21-27)31(62)12-7-18-52-36(63)15-5-3-13-35-38-30(25-78-35)55-51(71)56-38/h6,9-10,21,30,32-35,38-50,57-59,65-70H,2-5,7-8,11-20,22-25H2,1H3,(H,52,63)(H,53,64)(H,54,60)(H2,55,56,71)/t30-,32?,33?,34?,35-,38-,39?,40-,41-,42+,43-,44?,45?,46+,47-,48+,49+,50-/m0/s1. The number of carbonyl (C=O) groups excluding carboxylic acids is 6. The summed E-state index contributed by atoms with van der Waals surface area (Å²) in [5.41, 5.74) is 1.41. The van der Waals surface area contributed by atoms with Crippen LogP contribution in [0.5, 0.6) is 0 Å². The Labute approximate surface area is 455 Å². The van der Waals surface area contributed by atoms with E-state index in [2.05, 4.69) is 26.6 Å². The zero-order chi connectivity index (χ0) is 56.5. The summed E-state index contributed by atoms with van der Waals surface area (Å²) < 4.78 is 34.2. The predicted molar refractivity (Wildman–Crippen MR) is 273 cm³/mol. The first-order valence-electron chi connectivity index (χ1n) is 26.9. The maximum absolute atomic E-state index is 12.9. The molecule has 440 valence electrons. The van der Waals surface area contributed by atoms with Gasteiger partial charge in [-0.1, -0.05) is 24.6 Å². The van der Waals surface area contributed by atoms with Crippen LogP contribution < -0.4 is 26.6 Å². The van der Waals surface area contributed by atoms with Gasteiger partial charge in [0, 0.05) is 68.7 Å². The van der Waals surface area contributed by atoms with Crippen molar-refractivity contribution in [1.82, 2.24) is 26.6 Å². The number of unbranched alkanes of at least 4 members (excludes halogenated alkanes) is 2. The highest BCUT2D eigenvalue weighted by Gasteiger charge is 2.54. The highest BCUT2D eigenvalue weighted by molar-refractivity contribution is 8.00. The summed E-state index contributed by atoms with van der Waals surface area (Å²) in [5, 5.41) is 109. The average molecular weight is 1130 g/mol. The van der Waals surface area contributed by atoms with E-state index in [0.717, 1.165) is 37.5 Å². The highest BCUT2D eigenvalue weighted by atomic mass is 32.2. The van der Waals surface area contributed by atoms with Gasteiger partial charge in [-0.15, -0.1) is 0 Å². The summed E-state index contributed by atoms with van der Waals surface area (Å²) >= 11 is 1.85. The molecule has 5 aliphatic rings. The fourth-order valence-electron chi connectivity index (χ4n) is 10.1. The van der Waals surface area contributed by atoms with Gasteiger partial charge in [0.2, 0.25) is 17.7 Å². The number of Topliss-reactive ketones (excluding diaryl/α,β-unsaturated/α-hetero) is 2. The van der Waals surface area contributed by atoms with Crippen LogP contribution in [0.4, 0.5) is 4.79 Å². The summed E-state index contributed by atoms with van der Waals surface area (Å²) in [7, 11) is 0. The smallest absolute Gasteiger partial charge is 0.315 e. The normalized spacial score (nSPS) is 33.6. The van der Waals surface area contributed by atoms with Crippen LogP contribution in [-0.4, -0.2) is 236 Å². The number of nitrogens with one attached hydrogen (secondary N) is 5. The van der Waals surface area contributed by atoms with E-state index in [1.54, 1.807) is 18.2 Å². The third kappa shape index (κ3) is 17.7. The number of thioether (sulfide) groups is 1. The lowest BCUT2D eigenvalue weighted by Crippen LogP contribution is -2.68. The van der Waals surface area contributed by atoms with Crippen LogP contribution in [0.1, 0.15) is 99.9 Å². The van der Waals surface area contributed by atoms with Gasteiger partial charge in [0.1, 0.15) is 79.0 Å². The average Bonchev–Trinajstić information content (AvgIpc) is 4.04. The second-order valence-corrected chi connectivity index (χ2v) is 21.6. The van der Waals surface area contributed by atoms with Crippen molar-refractivity contribution in [2.45, 2.75) is 200 Å². The van der Waals surface area contributed by atoms with Crippen LogP contribution in [0.2, 0.25) is 0 Å². The van der Waals surface area contributed by atoms with E-state index < -0.39 is 118 Å². The van der Waals surface area contributed by atoms with Crippen LogP contribution in [0.15, 0.2) is 24.3 Å². The first-order chi connectivity index (χ1) is 37.4. The molecular formula is C51H79N5O21S. The van der Waals surface area contributed by atoms with Gasteiger partial charge in [0.15, 0.2) is 24.7 Å². The molecule has 0 aliphatic carbocycles. The minimum absolute atomic E-state index is 0.0306. The molecule has 0 saturated carbocycles. The van der Waals surface area contributed by atoms with Crippen molar-refractivity contribution in [2.24, 2.45) is 0 Å². The first-order valence-corrected chi connectivity index (χ1v) is 27.9. The van der Waals surface area contributed by atoms with Gasteiger partial charge in [-0.3, -0.25) is 24.0 Å². The molecule has 0 spiro atoms. The van der Waals surface area contributed by atoms with Gasteiger partial charge in [-0.25, -0.2) is 4.79 Å². The number of benzene rings is 1. The summed E-state index contributed by atoms with van der Waals surface area (Å²) in [6, 6.07) is 6.09. The minimum atomic E-state index is -1.97. The number of hydrogen-bond donors (Lipinski definition) is 14. The molecule has 26 nitrogen and oxygen atoms in total. The van der Waals surface area contributed by atoms with E-state index in [4.69, 9.17) is 28.4 Å². The minimum Gasteiger partial charge on any atom is -0.394 e. The quantitative estimate of drug-likeness (QED) is 0.0196. The second-order valence-electron chi connectivity index (χ2n) is 20.3. The fraction of sp³-hybridized carbons (Fsp3) is 0.765. The van der Waals surface area contributed by atoms with Crippen LogP contribution in [0.25, 0.3) is 0 Å². The van der Waals surface area contributed by atoms with E-state index in [-0.39, 0.29) is 86.8 Å². The van der Waals surface area contributed by atoms with Gasteiger partial charge in [-0.05, 0) is 56.6 Å². The number of aliphatic hydroxyl groups excluding tert-OH is 9. The van der Waals surface area contributed by atoms with E-state index in [1.807, 2.05) is 17.8 Å². The Bertz CT molecular complexity index is 2120. The number of amides is 5. The number of rotatable bonds is 31. The van der Waals surface area contributed by atoms with Crippen molar-refractivity contribution in [3.05, 3.63) is 35.4 Å². The predicted octanol–water partition coefficient (Wildman–Crippen LogP) is -3.33. The summed E-state index contributed by atoms with van der Waals surface area (Å²) in [6.07, 6.45) is -17.4. The third-order valence-corrected chi connectivity index (χ3v) is 15.9. The SMILES string of the molecule is CC(=O)NC1[C@H](OCCCNC(=O)CCCCC(=O)CCc2cccc(C(=O)CCCNC(=O)CCCC[C@@H]3SC[C@@H]4NC(=O)N[C@@H]43)c2)OC(CO)[C@@H](O[C@@H]2OC(CO)[C@H](O)[C@H](O[C@H]3OC(CO)[C@H](O)[C@H](O)C3O)C2O)[C@@H]1O. The number of ketones is 2. The molecule has 5 fully saturated rings. The van der Waals surface area contributed by atoms with Crippen LogP contribution >= 0.6 is 11.8 Å². The molecule has 0 bridgehead atoms. The third-order valence-electron chi connectivity index (χ3n) is 14.4. The molecule has 5 aliphatic heterocycles. The molecule has 6 unspecified atom stereocenters. The fourth-order valence-corrected chi connectivity index (χ4v) is 11.6. The number of aliphatic hydroxyl groups is 9. The molecule has 0 radical (unpaired) electrons. The van der Waals surface area contributed by atoms with Gasteiger partial charge >= 0.3 is 6.03 Å². The van der Waals surface area contributed by atoms with E-state index >= 15 is 0 Å². The zero-order valence-electron chi connectivity index (χ0n) is 43.7. The lowest BCUT2D eigenvalue weighted by molar-refractivity contribution is -0.376. The molecule has 1 aromatic rings. The van der Waals surface area contributed by atoms with Crippen molar-refractivity contribution >= 4 is 47.1 Å². The first kappa shape index (κ1) is 63.2. The van der Waals surface area contributed by atoms with Gasteiger partial charge in [-0.2, -0.15) is 11.8 Å². The van der Waals surface area contributed by atoms with Crippen molar-refractivity contribution in [3.8, 4) is 0 Å². The molecule has 6 rings (SSSR count). The van der Waals surface area contributed by atoms with E-state index in [9.17, 15) is 74.7 Å². The molecular weight excluding hydrogens is 1050 g/mol. The maximum Gasteiger partial charge on any atom is 0.315 e. The van der Waals surface area contributed by atoms with Crippen molar-refractivity contribution in [1.29, 1.82) is 0 Å². The lowest BCUT2D eigenvalue weighted by atomic mass is 9.95. The van der Waals surface area contributed by atoms with Crippen LogP contribution in [0.3, 0.4) is 0 Å². The largest absolute Gasteiger partial charge is 0.394 e. The number of fused-ring (bicyclic) bond motifs is 1. The number of ether oxygens (including phenoxy) is 6. The summed E-state index contributed by atoms with van der Waals surface area (Å²) in [4.78, 5) is 74.4. The molecule has 0 aromatic heterocycles. The summed E-state index contributed by atoms with van der Waals surface area (Å²) in [6.45, 7) is -0.751. The Hall–Kier alpha value is -4.01. The Kier molecular flexibility index (Phi) is 25.3. The van der Waals surface area contributed by atoms with Gasteiger partial charge in [0.25, 0.3) is 0 Å². The molecule has 18 atom stereocenters. The van der Waals surface area contributed by atoms with E-state index in [1.165, 1.54) is 0 Å². The topological polar surface area (TPSA) is 400 Å². The van der Waals surface area contributed by atoms with Crippen LogP contribution in [0, 0.1) is 0 Å². The van der Waals surface area contributed by atoms with Crippen molar-refractivity contribution in [2.75, 3.05) is 45.3 Å². The van der Waals surface area contributed by atoms with Gasteiger partial charge in [0.05, 0.1) is 38.5 Å². The Balaban J connectivity index is 0.836. The Morgan fingerprint density at radius 2 is 1.29 bits per heavy atom. The number of urea groups is 1. The molecule has 1 aromatic carbocycles. The number of hydrogen-bond acceptors (Lipinski definition) is 22. The Morgan fingerprint density at radius 1 is 0.667 bits per heavy atom. The zero-order valence-corrected chi connectivity index (χ0v) is 44.5. The molecule has 14 N–H and O–H groups in total. The van der Waals surface area contributed by atoms with Crippen molar-refractivity contribution in [3.63, 3.8) is 0 Å². The highest BCUT2D eigenvalue weighted by Crippen LogP contribution is 2.35. The maximum atomic E-state index is 12.9. The monoisotopic (exact) mass is 1130 g/mol. The molecule has 5 amide bonds. The van der Waals surface area contributed by atoms with Gasteiger partial charge < -0.3 is 101 Å². The lowest BCUT2D eigenvalue weighted by Gasteiger charge is -2.48. The van der Waals surface area contributed by atoms with Crippen LogP contribution in [-0.2, 0) is 54.0 Å². The molecule has 27 heteroatoms. The Morgan fingerprint density at radius 3 is 1.99 bits per heavy atom. The summed E-state index contributed by atoms with van der Waals surface area (Å²) in [5.74, 6) is -0.0194. The number of carbonyl (C=O) groups is 6. The molecule has 5 heterocycles. The molecule has 78 heavy (non-hydrogen) atoms. The second kappa shape index (κ2) is 31.3. The molecule has 5 saturated heterocycles.